The van der Waals surface area contributed by atoms with Crippen LogP contribution < -0.4 is 10.6 Å². The number of aromatic nitrogens is 3. The number of morpholine rings is 1. The van der Waals surface area contributed by atoms with Crippen LogP contribution in [0.4, 0.5) is 17.5 Å². The average Bonchev–Trinajstić information content (AvgIpc) is 2.70. The SMILES string of the molecule is COC(=O)c1ccc(Cl)c(Nc2nncc(NCCN3CCOCC3)n2)c1. The summed E-state index contributed by atoms with van der Waals surface area (Å²) in [4.78, 5) is 18.4. The highest BCUT2D eigenvalue weighted by Crippen LogP contribution is 2.25. The second-order valence-corrected chi connectivity index (χ2v) is 6.26. The van der Waals surface area contributed by atoms with Gasteiger partial charge in [-0.15, -0.1) is 5.10 Å². The van der Waals surface area contributed by atoms with Gasteiger partial charge in [-0.2, -0.15) is 10.1 Å². The lowest BCUT2D eigenvalue weighted by Gasteiger charge is -2.26. The fraction of sp³-hybridized carbons (Fsp3) is 0.412. The Bertz CT molecular complexity index is 785. The molecule has 1 aromatic heterocycles. The number of ether oxygens (including phenoxy) is 2. The Balaban J connectivity index is 1.61. The molecule has 0 saturated carbocycles. The third-order valence-electron chi connectivity index (χ3n) is 4.03. The van der Waals surface area contributed by atoms with E-state index in [2.05, 4.69) is 30.7 Å². The van der Waals surface area contributed by atoms with E-state index in [9.17, 15) is 4.79 Å². The van der Waals surface area contributed by atoms with Gasteiger partial charge >= 0.3 is 5.97 Å². The molecule has 27 heavy (non-hydrogen) atoms. The Morgan fingerprint density at radius 2 is 2.19 bits per heavy atom. The fourth-order valence-electron chi connectivity index (χ4n) is 2.59. The lowest BCUT2D eigenvalue weighted by molar-refractivity contribution is 0.0398. The Hall–Kier alpha value is -2.49. The number of hydrogen-bond donors (Lipinski definition) is 2. The molecule has 1 aliphatic heterocycles. The zero-order chi connectivity index (χ0) is 19.1. The quantitative estimate of drug-likeness (QED) is 0.683. The molecular weight excluding hydrogens is 372 g/mol. The van der Waals surface area contributed by atoms with Crippen LogP contribution in [0.5, 0.6) is 0 Å². The molecule has 1 fully saturated rings. The largest absolute Gasteiger partial charge is 0.465 e. The molecule has 1 saturated heterocycles. The number of carbonyl (C=O) groups is 1. The molecule has 0 spiro atoms. The maximum Gasteiger partial charge on any atom is 0.337 e. The van der Waals surface area contributed by atoms with Gasteiger partial charge < -0.3 is 20.1 Å². The van der Waals surface area contributed by atoms with Gasteiger partial charge in [0.25, 0.3) is 0 Å². The van der Waals surface area contributed by atoms with Gasteiger partial charge in [-0.1, -0.05) is 11.6 Å². The van der Waals surface area contributed by atoms with Crippen molar-refractivity contribution in [2.45, 2.75) is 0 Å². The van der Waals surface area contributed by atoms with Gasteiger partial charge in [0.05, 0.1) is 42.8 Å². The van der Waals surface area contributed by atoms with Crippen LogP contribution in [0.1, 0.15) is 10.4 Å². The molecule has 0 aliphatic carbocycles. The first-order valence-electron chi connectivity index (χ1n) is 8.54. The van der Waals surface area contributed by atoms with Gasteiger partial charge in [0.1, 0.15) is 0 Å². The highest BCUT2D eigenvalue weighted by molar-refractivity contribution is 6.33. The zero-order valence-corrected chi connectivity index (χ0v) is 15.7. The van der Waals surface area contributed by atoms with Crippen LogP contribution in [0.2, 0.25) is 5.02 Å². The number of benzene rings is 1. The fourth-order valence-corrected chi connectivity index (χ4v) is 2.76. The summed E-state index contributed by atoms with van der Waals surface area (Å²) in [6.45, 7) is 5.04. The molecule has 144 valence electrons. The van der Waals surface area contributed by atoms with Gasteiger partial charge in [0.2, 0.25) is 5.95 Å². The van der Waals surface area contributed by atoms with Crippen LogP contribution >= 0.6 is 11.6 Å². The van der Waals surface area contributed by atoms with E-state index in [0.29, 0.717) is 22.1 Å². The van der Waals surface area contributed by atoms with Crippen molar-refractivity contribution in [2.75, 3.05) is 57.1 Å². The molecule has 1 aliphatic rings. The third-order valence-corrected chi connectivity index (χ3v) is 4.36. The van der Waals surface area contributed by atoms with Crippen molar-refractivity contribution in [3.05, 3.63) is 35.0 Å². The van der Waals surface area contributed by atoms with E-state index in [4.69, 9.17) is 21.1 Å². The number of anilines is 3. The Morgan fingerprint density at radius 3 is 2.96 bits per heavy atom. The van der Waals surface area contributed by atoms with Crippen molar-refractivity contribution >= 4 is 35.0 Å². The number of rotatable bonds is 7. The molecule has 9 nitrogen and oxygen atoms in total. The molecule has 0 unspecified atom stereocenters. The first kappa shape index (κ1) is 19.3. The van der Waals surface area contributed by atoms with E-state index in [1.54, 1.807) is 24.4 Å². The normalized spacial score (nSPS) is 14.6. The molecule has 1 aromatic carbocycles. The minimum atomic E-state index is -0.452. The minimum Gasteiger partial charge on any atom is -0.465 e. The zero-order valence-electron chi connectivity index (χ0n) is 14.9. The molecule has 0 amide bonds. The van der Waals surface area contributed by atoms with Gasteiger partial charge in [0, 0.05) is 26.2 Å². The van der Waals surface area contributed by atoms with Crippen LogP contribution in [0.15, 0.2) is 24.4 Å². The Kier molecular flexibility index (Phi) is 6.74. The van der Waals surface area contributed by atoms with Crippen molar-refractivity contribution in [3.63, 3.8) is 0 Å². The number of nitrogens with zero attached hydrogens (tertiary/aromatic N) is 4. The molecule has 0 radical (unpaired) electrons. The number of hydrogen-bond acceptors (Lipinski definition) is 9. The van der Waals surface area contributed by atoms with E-state index in [1.165, 1.54) is 7.11 Å². The molecule has 10 heteroatoms. The van der Waals surface area contributed by atoms with Gasteiger partial charge in [-0.3, -0.25) is 4.90 Å². The average molecular weight is 393 g/mol. The second kappa shape index (κ2) is 9.45. The predicted molar refractivity (Wildman–Crippen MR) is 102 cm³/mol. The van der Waals surface area contributed by atoms with Crippen molar-refractivity contribution in [3.8, 4) is 0 Å². The van der Waals surface area contributed by atoms with Crippen molar-refractivity contribution in [2.24, 2.45) is 0 Å². The predicted octanol–water partition coefficient (Wildman–Crippen LogP) is 1.80. The lowest BCUT2D eigenvalue weighted by Crippen LogP contribution is -2.39. The van der Waals surface area contributed by atoms with E-state index in [1.807, 2.05) is 0 Å². The molecule has 0 bridgehead atoms. The topological polar surface area (TPSA) is 102 Å². The monoisotopic (exact) mass is 392 g/mol. The second-order valence-electron chi connectivity index (χ2n) is 5.86. The Labute approximate surface area is 162 Å². The van der Waals surface area contributed by atoms with Gasteiger partial charge in [0.15, 0.2) is 5.82 Å². The first-order chi connectivity index (χ1) is 13.2. The smallest absolute Gasteiger partial charge is 0.337 e. The number of halogens is 1. The first-order valence-corrected chi connectivity index (χ1v) is 8.92. The standard InChI is InChI=1S/C17H21ClN6O3/c1-26-16(25)12-2-3-13(18)14(10-12)21-17-22-15(11-20-23-17)19-4-5-24-6-8-27-9-7-24/h2-3,10-11H,4-9H2,1H3,(H2,19,21,22,23). The highest BCUT2D eigenvalue weighted by Gasteiger charge is 2.12. The molecule has 2 N–H and O–H groups in total. The van der Waals surface area contributed by atoms with Crippen LogP contribution in [-0.4, -0.2) is 72.6 Å². The minimum absolute atomic E-state index is 0.273. The number of methoxy groups -OCH3 is 1. The summed E-state index contributed by atoms with van der Waals surface area (Å²) in [6.07, 6.45) is 1.55. The van der Waals surface area contributed by atoms with Crippen LogP contribution in [0.25, 0.3) is 0 Å². The van der Waals surface area contributed by atoms with Crippen LogP contribution in [0, 0.1) is 0 Å². The number of carbonyl (C=O) groups excluding carboxylic acids is 1. The summed E-state index contributed by atoms with van der Waals surface area (Å²) in [6, 6.07) is 4.77. The van der Waals surface area contributed by atoms with Crippen molar-refractivity contribution in [1.29, 1.82) is 0 Å². The molecule has 3 rings (SSSR count). The summed E-state index contributed by atoms with van der Waals surface area (Å²) in [5, 5.41) is 14.5. The maximum absolute atomic E-state index is 11.7. The summed E-state index contributed by atoms with van der Waals surface area (Å²) >= 11 is 6.18. The van der Waals surface area contributed by atoms with E-state index in [-0.39, 0.29) is 5.95 Å². The highest BCUT2D eigenvalue weighted by atomic mass is 35.5. The van der Waals surface area contributed by atoms with E-state index in [0.717, 1.165) is 39.4 Å². The van der Waals surface area contributed by atoms with Crippen molar-refractivity contribution in [1.82, 2.24) is 20.1 Å². The number of esters is 1. The van der Waals surface area contributed by atoms with Gasteiger partial charge in [-0.25, -0.2) is 4.79 Å². The summed E-state index contributed by atoms with van der Waals surface area (Å²) in [7, 11) is 1.32. The molecular formula is C17H21ClN6O3. The number of nitrogens with one attached hydrogen (secondary N) is 2. The lowest BCUT2D eigenvalue weighted by atomic mass is 10.2. The van der Waals surface area contributed by atoms with E-state index < -0.39 is 5.97 Å². The third kappa shape index (κ3) is 5.49. The molecule has 0 atom stereocenters. The van der Waals surface area contributed by atoms with Crippen molar-refractivity contribution < 1.29 is 14.3 Å². The molecule has 2 heterocycles. The summed E-state index contributed by atoms with van der Waals surface area (Å²) in [5.74, 6) is 0.420. The van der Waals surface area contributed by atoms with Crippen LogP contribution in [0.3, 0.4) is 0 Å². The van der Waals surface area contributed by atoms with E-state index >= 15 is 0 Å². The van der Waals surface area contributed by atoms with Crippen LogP contribution in [-0.2, 0) is 9.47 Å². The maximum atomic E-state index is 11.7. The molecule has 2 aromatic rings. The summed E-state index contributed by atoms with van der Waals surface area (Å²) in [5.41, 5.74) is 0.865. The Morgan fingerprint density at radius 1 is 1.37 bits per heavy atom. The van der Waals surface area contributed by atoms with Gasteiger partial charge in [-0.05, 0) is 18.2 Å². The summed E-state index contributed by atoms with van der Waals surface area (Å²) < 4.78 is 10.1.